The molecule has 7 heteroatoms. The highest BCUT2D eigenvalue weighted by Gasteiger charge is 2.33. The molecule has 0 saturated carbocycles. The molecule has 24 heavy (non-hydrogen) atoms. The Labute approximate surface area is 143 Å². The summed E-state index contributed by atoms with van der Waals surface area (Å²) >= 11 is 0. The minimum Gasteiger partial charge on any atom is -0.381 e. The van der Waals surface area contributed by atoms with Crippen molar-refractivity contribution in [3.05, 3.63) is 30.3 Å². The Kier molecular flexibility index (Phi) is 5.53. The predicted octanol–water partition coefficient (Wildman–Crippen LogP) is 1.38. The Hall–Kier alpha value is -1.44. The summed E-state index contributed by atoms with van der Waals surface area (Å²) in [5.74, 6) is -0.310. The summed E-state index contributed by atoms with van der Waals surface area (Å²) in [6.45, 7) is 2.07. The van der Waals surface area contributed by atoms with Crippen LogP contribution in [0.2, 0.25) is 0 Å². The van der Waals surface area contributed by atoms with Crippen molar-refractivity contribution in [3.8, 4) is 0 Å². The Morgan fingerprint density at radius 3 is 2.54 bits per heavy atom. The molecule has 0 aliphatic carbocycles. The number of hydrogen-bond donors (Lipinski definition) is 1. The van der Waals surface area contributed by atoms with E-state index in [4.69, 9.17) is 4.74 Å². The van der Waals surface area contributed by atoms with Crippen molar-refractivity contribution in [3.63, 3.8) is 0 Å². The third kappa shape index (κ3) is 3.96. The predicted molar refractivity (Wildman–Crippen MR) is 89.9 cm³/mol. The fraction of sp³-hybridized carbons (Fsp3) is 0.588. The van der Waals surface area contributed by atoms with Gasteiger partial charge in [-0.3, -0.25) is 4.79 Å². The number of nitrogens with zero attached hydrogens (tertiary/aromatic N) is 1. The second-order valence-electron chi connectivity index (χ2n) is 6.41. The molecule has 0 bridgehead atoms. The van der Waals surface area contributed by atoms with Crippen LogP contribution in [0.4, 0.5) is 0 Å². The monoisotopic (exact) mass is 352 g/mol. The maximum Gasteiger partial charge on any atom is 0.243 e. The van der Waals surface area contributed by atoms with Crippen LogP contribution in [-0.2, 0) is 19.6 Å². The summed E-state index contributed by atoms with van der Waals surface area (Å²) in [5.41, 5.74) is 0. The number of amides is 1. The number of hydrogen-bond acceptors (Lipinski definition) is 4. The topological polar surface area (TPSA) is 75.7 Å². The standard InChI is InChI=1S/C17H24N2O4S/c20-17(18-15-8-11-23-12-9-15)14-5-4-10-19(13-14)24(21,22)16-6-2-1-3-7-16/h1-3,6-7,14-15H,4-5,8-13H2,(H,18,20)/t14-/m0/s1. The third-order valence-corrected chi connectivity index (χ3v) is 6.58. The normalized spacial score (nSPS) is 23.8. The van der Waals surface area contributed by atoms with Gasteiger partial charge in [-0.1, -0.05) is 18.2 Å². The van der Waals surface area contributed by atoms with Crippen molar-refractivity contribution in [2.45, 2.75) is 36.6 Å². The largest absolute Gasteiger partial charge is 0.381 e. The summed E-state index contributed by atoms with van der Waals surface area (Å²) in [6.07, 6.45) is 3.09. The molecule has 2 heterocycles. The van der Waals surface area contributed by atoms with Crippen molar-refractivity contribution in [2.75, 3.05) is 26.3 Å². The maximum absolute atomic E-state index is 12.7. The molecule has 6 nitrogen and oxygen atoms in total. The lowest BCUT2D eigenvalue weighted by Gasteiger charge is -2.32. The van der Waals surface area contributed by atoms with Crippen LogP contribution in [0.25, 0.3) is 0 Å². The van der Waals surface area contributed by atoms with Gasteiger partial charge in [0.05, 0.1) is 10.8 Å². The first-order valence-corrected chi connectivity index (χ1v) is 9.95. The molecule has 132 valence electrons. The van der Waals surface area contributed by atoms with Crippen LogP contribution in [0, 0.1) is 5.92 Å². The fourth-order valence-corrected chi connectivity index (χ4v) is 4.82. The van der Waals surface area contributed by atoms with E-state index in [2.05, 4.69) is 5.32 Å². The number of benzene rings is 1. The number of carbonyl (C=O) groups is 1. The average molecular weight is 352 g/mol. The first-order chi connectivity index (χ1) is 11.6. The lowest BCUT2D eigenvalue weighted by molar-refractivity contribution is -0.127. The van der Waals surface area contributed by atoms with E-state index in [1.807, 2.05) is 0 Å². The summed E-state index contributed by atoms with van der Waals surface area (Å²) in [7, 11) is -3.53. The number of nitrogens with one attached hydrogen (secondary N) is 1. The smallest absolute Gasteiger partial charge is 0.243 e. The molecular weight excluding hydrogens is 328 g/mol. The van der Waals surface area contributed by atoms with E-state index < -0.39 is 10.0 Å². The molecule has 3 rings (SSSR count). The van der Waals surface area contributed by atoms with Gasteiger partial charge in [0.2, 0.25) is 15.9 Å². The van der Waals surface area contributed by atoms with Gasteiger partial charge in [-0.2, -0.15) is 4.31 Å². The molecular formula is C17H24N2O4S. The summed E-state index contributed by atoms with van der Waals surface area (Å²) in [5, 5.41) is 3.06. The quantitative estimate of drug-likeness (QED) is 0.888. The van der Waals surface area contributed by atoms with Crippen molar-refractivity contribution < 1.29 is 17.9 Å². The Morgan fingerprint density at radius 2 is 1.83 bits per heavy atom. The number of ether oxygens (including phenoxy) is 1. The summed E-state index contributed by atoms with van der Waals surface area (Å²) in [6, 6.07) is 8.56. The molecule has 2 aliphatic rings. The van der Waals surface area contributed by atoms with Gasteiger partial charge in [0.15, 0.2) is 0 Å². The van der Waals surface area contributed by atoms with Gasteiger partial charge in [-0.15, -0.1) is 0 Å². The Balaban J connectivity index is 1.64. The molecule has 1 N–H and O–H groups in total. The van der Waals surface area contributed by atoms with Crippen LogP contribution in [-0.4, -0.2) is 51.0 Å². The van der Waals surface area contributed by atoms with Gasteiger partial charge in [-0.05, 0) is 37.8 Å². The van der Waals surface area contributed by atoms with Crippen molar-refractivity contribution >= 4 is 15.9 Å². The van der Waals surface area contributed by atoms with Gasteiger partial charge in [0.1, 0.15) is 0 Å². The zero-order valence-electron chi connectivity index (χ0n) is 13.7. The first-order valence-electron chi connectivity index (χ1n) is 8.50. The number of sulfonamides is 1. The molecule has 0 aromatic heterocycles. The minimum atomic E-state index is -3.53. The van der Waals surface area contributed by atoms with Crippen LogP contribution in [0.5, 0.6) is 0 Å². The zero-order chi connectivity index (χ0) is 17.0. The van der Waals surface area contributed by atoms with Crippen LogP contribution in [0.3, 0.4) is 0 Å². The molecule has 2 aliphatic heterocycles. The molecule has 0 unspecified atom stereocenters. The van der Waals surface area contributed by atoms with E-state index in [0.29, 0.717) is 26.2 Å². The van der Waals surface area contributed by atoms with E-state index in [9.17, 15) is 13.2 Å². The van der Waals surface area contributed by atoms with Crippen LogP contribution < -0.4 is 5.32 Å². The molecule has 1 atom stereocenters. The number of rotatable bonds is 4. The summed E-state index contributed by atoms with van der Waals surface area (Å²) in [4.78, 5) is 12.8. The van der Waals surface area contributed by atoms with Crippen LogP contribution >= 0.6 is 0 Å². The summed E-state index contributed by atoms with van der Waals surface area (Å²) < 4.78 is 32.2. The highest BCUT2D eigenvalue weighted by Crippen LogP contribution is 2.24. The van der Waals surface area contributed by atoms with Gasteiger partial charge in [-0.25, -0.2) is 8.42 Å². The lowest BCUT2D eigenvalue weighted by atomic mass is 9.97. The number of piperidine rings is 1. The molecule has 2 fully saturated rings. The van der Waals surface area contributed by atoms with Crippen LogP contribution in [0.15, 0.2) is 35.2 Å². The van der Waals surface area contributed by atoms with Crippen molar-refractivity contribution in [1.82, 2.24) is 9.62 Å². The van der Waals surface area contributed by atoms with E-state index in [1.54, 1.807) is 30.3 Å². The van der Waals surface area contributed by atoms with Gasteiger partial charge >= 0.3 is 0 Å². The highest BCUT2D eigenvalue weighted by atomic mass is 32.2. The lowest BCUT2D eigenvalue weighted by Crippen LogP contribution is -2.48. The van der Waals surface area contributed by atoms with E-state index in [0.717, 1.165) is 19.3 Å². The Bertz CT molecular complexity index is 656. The van der Waals surface area contributed by atoms with Crippen LogP contribution in [0.1, 0.15) is 25.7 Å². The van der Waals surface area contributed by atoms with E-state index in [-0.39, 0.29) is 29.3 Å². The Morgan fingerprint density at radius 1 is 1.12 bits per heavy atom. The van der Waals surface area contributed by atoms with Crippen molar-refractivity contribution in [1.29, 1.82) is 0 Å². The highest BCUT2D eigenvalue weighted by molar-refractivity contribution is 7.89. The molecule has 1 aromatic rings. The van der Waals surface area contributed by atoms with Gasteiger partial charge < -0.3 is 10.1 Å². The second kappa shape index (κ2) is 7.63. The SMILES string of the molecule is O=C(NC1CCOCC1)[C@H]1CCCN(S(=O)(=O)c2ccccc2)C1. The molecule has 0 radical (unpaired) electrons. The third-order valence-electron chi connectivity index (χ3n) is 4.70. The fourth-order valence-electron chi connectivity index (χ4n) is 3.28. The zero-order valence-corrected chi connectivity index (χ0v) is 14.5. The first kappa shape index (κ1) is 17.4. The molecule has 1 aromatic carbocycles. The van der Waals surface area contributed by atoms with Gasteiger partial charge in [0, 0.05) is 32.3 Å². The van der Waals surface area contributed by atoms with E-state index in [1.165, 1.54) is 4.31 Å². The number of carbonyl (C=O) groups excluding carboxylic acids is 1. The molecule has 1 amide bonds. The average Bonchev–Trinajstić information content (AvgIpc) is 2.63. The maximum atomic E-state index is 12.7. The molecule has 0 spiro atoms. The van der Waals surface area contributed by atoms with Gasteiger partial charge in [0.25, 0.3) is 0 Å². The molecule has 2 saturated heterocycles. The van der Waals surface area contributed by atoms with Crippen molar-refractivity contribution in [2.24, 2.45) is 5.92 Å². The minimum absolute atomic E-state index is 0.0325. The second-order valence-corrected chi connectivity index (χ2v) is 8.35. The van der Waals surface area contributed by atoms with E-state index >= 15 is 0 Å².